The maximum absolute atomic E-state index is 13.3. The van der Waals surface area contributed by atoms with Crippen molar-refractivity contribution in [3.8, 4) is 5.75 Å². The van der Waals surface area contributed by atoms with E-state index in [-0.39, 0.29) is 11.8 Å². The normalized spacial score (nSPS) is 11.5. The van der Waals surface area contributed by atoms with Crippen molar-refractivity contribution in [3.05, 3.63) is 101 Å². The Morgan fingerprint density at radius 3 is 2.09 bits per heavy atom. The molecule has 5 heteroatoms. The highest BCUT2D eigenvalue weighted by molar-refractivity contribution is 5.87. The first-order valence-corrected chi connectivity index (χ1v) is 10.7. The molecule has 0 aliphatic carbocycles. The summed E-state index contributed by atoms with van der Waals surface area (Å²) in [5.74, 6) is 0.435. The molecule has 0 aromatic heterocycles. The zero-order valence-corrected chi connectivity index (χ0v) is 18.9. The lowest BCUT2D eigenvalue weighted by molar-refractivity contribution is -0.139. The van der Waals surface area contributed by atoms with Gasteiger partial charge in [0.05, 0.1) is 7.11 Å². The van der Waals surface area contributed by atoms with E-state index in [2.05, 4.69) is 5.32 Å². The van der Waals surface area contributed by atoms with Crippen molar-refractivity contribution >= 4 is 11.8 Å². The first-order valence-electron chi connectivity index (χ1n) is 10.7. The Hall–Kier alpha value is -3.60. The summed E-state index contributed by atoms with van der Waals surface area (Å²) in [4.78, 5) is 27.6. The monoisotopic (exact) mass is 430 g/mol. The number of nitrogens with zero attached hydrogens (tertiary/aromatic N) is 1. The molecule has 0 saturated heterocycles. The lowest BCUT2D eigenvalue weighted by Crippen LogP contribution is -2.49. The van der Waals surface area contributed by atoms with Crippen molar-refractivity contribution in [2.75, 3.05) is 7.11 Å². The molecule has 166 valence electrons. The number of aryl methyl sites for hydroxylation is 1. The van der Waals surface area contributed by atoms with Gasteiger partial charge in [0.2, 0.25) is 11.8 Å². The molecule has 0 spiro atoms. The quantitative estimate of drug-likeness (QED) is 0.551. The molecule has 0 heterocycles. The predicted molar refractivity (Wildman–Crippen MR) is 126 cm³/mol. The van der Waals surface area contributed by atoms with Gasteiger partial charge in [-0.3, -0.25) is 9.59 Å². The van der Waals surface area contributed by atoms with Gasteiger partial charge in [-0.25, -0.2) is 0 Å². The maximum Gasteiger partial charge on any atom is 0.243 e. The molecule has 0 radical (unpaired) electrons. The van der Waals surface area contributed by atoms with Gasteiger partial charge in [0.25, 0.3) is 0 Å². The van der Waals surface area contributed by atoms with E-state index in [9.17, 15) is 9.59 Å². The van der Waals surface area contributed by atoms with Gasteiger partial charge in [0.15, 0.2) is 0 Å². The number of benzene rings is 3. The molecule has 3 aromatic rings. The lowest BCUT2D eigenvalue weighted by Gasteiger charge is -2.30. The zero-order chi connectivity index (χ0) is 22.9. The maximum atomic E-state index is 13.3. The number of rotatable bonds is 9. The predicted octanol–water partition coefficient (Wildman–Crippen LogP) is 4.28. The number of hydrogen-bond donors (Lipinski definition) is 1. The van der Waals surface area contributed by atoms with Gasteiger partial charge in [0.1, 0.15) is 11.8 Å². The second-order valence-electron chi connectivity index (χ2n) is 7.90. The van der Waals surface area contributed by atoms with Crippen LogP contribution in [0.15, 0.2) is 78.9 Å². The van der Waals surface area contributed by atoms with Crippen molar-refractivity contribution in [1.29, 1.82) is 0 Å². The van der Waals surface area contributed by atoms with Crippen molar-refractivity contribution in [1.82, 2.24) is 10.2 Å². The molecule has 0 fully saturated rings. The van der Waals surface area contributed by atoms with Crippen LogP contribution in [0.1, 0.15) is 29.2 Å². The summed E-state index contributed by atoms with van der Waals surface area (Å²) in [5.41, 5.74) is 4.13. The van der Waals surface area contributed by atoms with Crippen LogP contribution >= 0.6 is 0 Å². The molecular weight excluding hydrogens is 400 g/mol. The fourth-order valence-corrected chi connectivity index (χ4v) is 3.56. The van der Waals surface area contributed by atoms with E-state index in [1.165, 1.54) is 12.5 Å². The topological polar surface area (TPSA) is 58.6 Å². The number of carbonyl (C=O) groups is 2. The number of ether oxygens (including phenoxy) is 1. The van der Waals surface area contributed by atoms with E-state index in [0.717, 1.165) is 22.4 Å². The minimum atomic E-state index is -0.623. The van der Waals surface area contributed by atoms with Gasteiger partial charge in [-0.1, -0.05) is 72.3 Å². The van der Waals surface area contributed by atoms with E-state index in [0.29, 0.717) is 19.5 Å². The average Bonchev–Trinajstić information content (AvgIpc) is 2.81. The van der Waals surface area contributed by atoms with Crippen LogP contribution in [0.2, 0.25) is 0 Å². The minimum absolute atomic E-state index is 0.146. The van der Waals surface area contributed by atoms with Crippen LogP contribution in [0.3, 0.4) is 0 Å². The van der Waals surface area contributed by atoms with Gasteiger partial charge in [-0.15, -0.1) is 0 Å². The molecule has 32 heavy (non-hydrogen) atoms. The van der Waals surface area contributed by atoms with Gasteiger partial charge in [-0.2, -0.15) is 0 Å². The van der Waals surface area contributed by atoms with E-state index < -0.39 is 6.04 Å². The molecule has 3 rings (SSSR count). The minimum Gasteiger partial charge on any atom is -0.497 e. The SMILES string of the molecule is COc1ccc(CN(C(C)=O)[C@H](Cc2ccccc2)C(=O)NCc2ccc(C)cc2)cc1. The molecule has 2 amide bonds. The lowest BCUT2D eigenvalue weighted by atomic mass is 10.0. The molecule has 1 N–H and O–H groups in total. The number of hydrogen-bond acceptors (Lipinski definition) is 3. The zero-order valence-electron chi connectivity index (χ0n) is 18.9. The third-order valence-electron chi connectivity index (χ3n) is 5.45. The van der Waals surface area contributed by atoms with Gasteiger partial charge < -0.3 is 15.0 Å². The average molecular weight is 431 g/mol. The smallest absolute Gasteiger partial charge is 0.243 e. The summed E-state index contributed by atoms with van der Waals surface area (Å²) < 4.78 is 5.22. The summed E-state index contributed by atoms with van der Waals surface area (Å²) in [6.45, 7) is 4.30. The molecule has 0 aliphatic rings. The number of amides is 2. The largest absolute Gasteiger partial charge is 0.497 e. The first-order chi connectivity index (χ1) is 15.5. The second-order valence-corrected chi connectivity index (χ2v) is 7.90. The molecule has 1 atom stereocenters. The van der Waals surface area contributed by atoms with Crippen LogP contribution in [0, 0.1) is 6.92 Å². The van der Waals surface area contributed by atoms with E-state index in [1.807, 2.05) is 85.8 Å². The highest BCUT2D eigenvalue weighted by atomic mass is 16.5. The van der Waals surface area contributed by atoms with Gasteiger partial charge in [-0.05, 0) is 35.7 Å². The number of methoxy groups -OCH3 is 1. The fraction of sp³-hybridized carbons (Fsp3) is 0.259. The summed E-state index contributed by atoms with van der Waals surface area (Å²) in [5, 5.41) is 3.03. The second kappa shape index (κ2) is 11.1. The number of nitrogens with one attached hydrogen (secondary N) is 1. The van der Waals surface area contributed by atoms with E-state index >= 15 is 0 Å². The van der Waals surface area contributed by atoms with Crippen LogP contribution in [-0.4, -0.2) is 29.9 Å². The molecule has 0 saturated carbocycles. The van der Waals surface area contributed by atoms with Gasteiger partial charge in [0, 0.05) is 26.4 Å². The Kier molecular flexibility index (Phi) is 8.03. The standard InChI is InChI=1S/C27H30N2O3/c1-20-9-11-23(12-10-20)18-28-27(31)26(17-22-7-5-4-6-8-22)29(21(2)30)19-24-13-15-25(32-3)16-14-24/h4-16,26H,17-19H2,1-3H3,(H,28,31)/t26-/m1/s1. The molecule has 0 unspecified atom stereocenters. The van der Waals surface area contributed by atoms with Crippen LogP contribution in [0.25, 0.3) is 0 Å². The van der Waals surface area contributed by atoms with Crippen LogP contribution < -0.4 is 10.1 Å². The highest BCUT2D eigenvalue weighted by Gasteiger charge is 2.28. The van der Waals surface area contributed by atoms with Crippen molar-refractivity contribution in [2.24, 2.45) is 0 Å². The van der Waals surface area contributed by atoms with Crippen LogP contribution in [0.4, 0.5) is 0 Å². The third kappa shape index (κ3) is 6.45. The Balaban J connectivity index is 1.81. The molecular formula is C27H30N2O3. The van der Waals surface area contributed by atoms with Crippen LogP contribution in [-0.2, 0) is 29.1 Å². The Morgan fingerprint density at radius 2 is 1.50 bits per heavy atom. The molecule has 5 nitrogen and oxygen atoms in total. The third-order valence-corrected chi connectivity index (χ3v) is 5.45. The van der Waals surface area contributed by atoms with E-state index in [1.54, 1.807) is 12.0 Å². The van der Waals surface area contributed by atoms with Crippen molar-refractivity contribution in [2.45, 2.75) is 39.4 Å². The van der Waals surface area contributed by atoms with Crippen molar-refractivity contribution in [3.63, 3.8) is 0 Å². The highest BCUT2D eigenvalue weighted by Crippen LogP contribution is 2.17. The Labute approximate surface area is 190 Å². The summed E-state index contributed by atoms with van der Waals surface area (Å²) in [6.07, 6.45) is 0.441. The van der Waals surface area contributed by atoms with Crippen molar-refractivity contribution < 1.29 is 14.3 Å². The molecule has 3 aromatic carbocycles. The number of carbonyl (C=O) groups excluding carboxylic acids is 2. The summed E-state index contributed by atoms with van der Waals surface area (Å²) in [6, 6.07) is 24.8. The Bertz CT molecular complexity index is 1020. The molecule has 0 bridgehead atoms. The fourth-order valence-electron chi connectivity index (χ4n) is 3.56. The van der Waals surface area contributed by atoms with E-state index in [4.69, 9.17) is 4.74 Å². The first kappa shape index (κ1) is 23.1. The Morgan fingerprint density at radius 1 is 0.875 bits per heavy atom. The van der Waals surface area contributed by atoms with Crippen LogP contribution in [0.5, 0.6) is 5.75 Å². The van der Waals surface area contributed by atoms with Gasteiger partial charge >= 0.3 is 0 Å². The summed E-state index contributed by atoms with van der Waals surface area (Å²) >= 11 is 0. The molecule has 0 aliphatic heterocycles. The summed E-state index contributed by atoms with van der Waals surface area (Å²) in [7, 11) is 1.62.